The van der Waals surface area contributed by atoms with Crippen molar-refractivity contribution in [3.63, 3.8) is 0 Å². The molecule has 0 spiro atoms. The van der Waals surface area contributed by atoms with E-state index in [1.807, 2.05) is 31.2 Å². The number of ether oxygens (including phenoxy) is 1. The number of carbonyl (C=O) groups is 2. The fourth-order valence-electron chi connectivity index (χ4n) is 4.67. The average Bonchev–Trinajstić information content (AvgIpc) is 3.21. The number of anilines is 3. The second-order valence-electron chi connectivity index (χ2n) is 8.47. The van der Waals surface area contributed by atoms with E-state index < -0.39 is 10.8 Å². The molecule has 3 heterocycles. The van der Waals surface area contributed by atoms with E-state index in [0.29, 0.717) is 57.2 Å². The van der Waals surface area contributed by atoms with Gasteiger partial charge in [-0.15, -0.1) is 0 Å². The highest BCUT2D eigenvalue weighted by Gasteiger charge is 2.46. The molecule has 4 rings (SSSR count). The first-order chi connectivity index (χ1) is 16.0. The number of rotatable bonds is 6. The minimum atomic E-state index is -0.973. The third-order valence-corrected chi connectivity index (χ3v) is 6.85. The molecule has 0 saturated carbocycles. The molecule has 9 heteroatoms. The molecule has 0 unspecified atom stereocenters. The molecule has 1 aromatic carbocycles. The van der Waals surface area contributed by atoms with E-state index in [0.717, 1.165) is 11.3 Å². The summed E-state index contributed by atoms with van der Waals surface area (Å²) in [5.41, 5.74) is 0.146. The van der Waals surface area contributed by atoms with Crippen molar-refractivity contribution in [3.8, 4) is 6.07 Å². The molecule has 1 atom stereocenters. The Morgan fingerprint density at radius 1 is 1.21 bits per heavy atom. The number of carbonyl (C=O) groups excluding carboxylic acids is 2. The van der Waals surface area contributed by atoms with Crippen molar-refractivity contribution in [2.75, 3.05) is 37.0 Å². The normalized spacial score (nSPS) is 22.0. The maximum atomic E-state index is 12.8. The van der Waals surface area contributed by atoms with E-state index in [-0.39, 0.29) is 11.8 Å². The van der Waals surface area contributed by atoms with Crippen molar-refractivity contribution < 1.29 is 14.3 Å². The summed E-state index contributed by atoms with van der Waals surface area (Å²) in [7, 11) is 1.66. The van der Waals surface area contributed by atoms with Crippen LogP contribution in [0.25, 0.3) is 0 Å². The largest absolute Gasteiger partial charge is 0.381 e. The summed E-state index contributed by atoms with van der Waals surface area (Å²) in [6.07, 6.45) is 3.83. The van der Waals surface area contributed by atoms with Gasteiger partial charge in [-0.2, -0.15) is 10.2 Å². The number of nitrogens with zero attached hydrogens (tertiary/aromatic N) is 4. The van der Waals surface area contributed by atoms with E-state index in [2.05, 4.69) is 26.7 Å². The second-order valence-corrected chi connectivity index (χ2v) is 8.47. The van der Waals surface area contributed by atoms with Crippen LogP contribution in [-0.4, -0.2) is 48.6 Å². The Balaban J connectivity index is 1.52. The van der Waals surface area contributed by atoms with Crippen LogP contribution in [0, 0.1) is 16.7 Å². The molecule has 33 heavy (non-hydrogen) atoms. The van der Waals surface area contributed by atoms with Crippen LogP contribution in [0.4, 0.5) is 17.5 Å². The summed E-state index contributed by atoms with van der Waals surface area (Å²) < 4.78 is 5.48. The summed E-state index contributed by atoms with van der Waals surface area (Å²) in [5, 5.41) is 15.5. The van der Waals surface area contributed by atoms with Gasteiger partial charge in [0.2, 0.25) is 17.8 Å². The fraction of sp³-hybridized carbons (Fsp3) is 0.458. The van der Waals surface area contributed by atoms with E-state index in [1.165, 1.54) is 0 Å². The summed E-state index contributed by atoms with van der Waals surface area (Å²) in [4.78, 5) is 35.8. The Labute approximate surface area is 193 Å². The smallest absolute Gasteiger partial charge is 0.248 e. The number of amides is 2. The van der Waals surface area contributed by atoms with Crippen LogP contribution < -0.4 is 15.5 Å². The highest BCUT2D eigenvalue weighted by atomic mass is 16.5. The molecule has 0 radical (unpaired) electrons. The summed E-state index contributed by atoms with van der Waals surface area (Å²) in [5.74, 6) is 0.613. The maximum Gasteiger partial charge on any atom is 0.248 e. The molecular weight excluding hydrogens is 420 g/mol. The lowest BCUT2D eigenvalue weighted by Crippen LogP contribution is -2.46. The molecule has 2 amide bonds. The van der Waals surface area contributed by atoms with Gasteiger partial charge in [-0.25, -0.2) is 4.98 Å². The summed E-state index contributed by atoms with van der Waals surface area (Å²) >= 11 is 0. The third kappa shape index (κ3) is 4.02. The van der Waals surface area contributed by atoms with Crippen LogP contribution >= 0.6 is 0 Å². The summed E-state index contributed by atoms with van der Waals surface area (Å²) in [6.45, 7) is 3.41. The topological polar surface area (TPSA) is 120 Å². The second kappa shape index (κ2) is 9.16. The van der Waals surface area contributed by atoms with Crippen molar-refractivity contribution in [1.82, 2.24) is 15.3 Å². The summed E-state index contributed by atoms with van der Waals surface area (Å²) in [6, 6.07) is 11.5. The highest BCUT2D eigenvalue weighted by molar-refractivity contribution is 6.01. The average molecular weight is 449 g/mol. The van der Waals surface area contributed by atoms with E-state index in [1.54, 1.807) is 24.2 Å². The van der Waals surface area contributed by atoms with Crippen LogP contribution in [0.2, 0.25) is 0 Å². The van der Waals surface area contributed by atoms with Crippen molar-refractivity contribution in [2.24, 2.45) is 5.41 Å². The number of hydrogen-bond donors (Lipinski definition) is 2. The molecule has 2 aliphatic heterocycles. The minimum Gasteiger partial charge on any atom is -0.381 e. The molecule has 172 valence electrons. The van der Waals surface area contributed by atoms with Crippen LogP contribution in [-0.2, 0) is 19.7 Å². The molecule has 2 aliphatic rings. The Bertz CT molecular complexity index is 1070. The van der Waals surface area contributed by atoms with Crippen LogP contribution in [0.15, 0.2) is 36.5 Å². The predicted molar refractivity (Wildman–Crippen MR) is 123 cm³/mol. The lowest BCUT2D eigenvalue weighted by Gasteiger charge is -2.35. The molecule has 1 aromatic heterocycles. The first kappa shape index (κ1) is 22.7. The van der Waals surface area contributed by atoms with Crippen LogP contribution in [0.1, 0.15) is 38.2 Å². The zero-order valence-electron chi connectivity index (χ0n) is 18.9. The van der Waals surface area contributed by atoms with Gasteiger partial charge >= 0.3 is 0 Å². The van der Waals surface area contributed by atoms with Crippen molar-refractivity contribution in [2.45, 2.75) is 38.0 Å². The standard InChI is InChI=1S/C24H28N6O3/c1-3-23(16-25)9-13-30(21(23)32)19-8-12-27-22(29-19)28-18-6-4-17(5-7-18)24(20(31)26-2)10-14-33-15-11-24/h4-8,12H,3,9-11,13-15H2,1-2H3,(H,26,31)(H,27,28,29)/t23-/m1/s1. The highest BCUT2D eigenvalue weighted by Crippen LogP contribution is 2.37. The minimum absolute atomic E-state index is 0.00153. The zero-order chi connectivity index (χ0) is 23.5. The maximum absolute atomic E-state index is 12.8. The van der Waals surface area contributed by atoms with Gasteiger partial charge in [0, 0.05) is 38.7 Å². The quantitative estimate of drug-likeness (QED) is 0.697. The van der Waals surface area contributed by atoms with Gasteiger partial charge in [-0.05, 0) is 49.4 Å². The molecule has 2 aromatic rings. The van der Waals surface area contributed by atoms with E-state index in [9.17, 15) is 14.9 Å². The van der Waals surface area contributed by atoms with Gasteiger partial charge in [0.15, 0.2) is 0 Å². The fourth-order valence-corrected chi connectivity index (χ4v) is 4.67. The molecule has 2 fully saturated rings. The number of likely N-dealkylation sites (N-methyl/N-ethyl adjacent to an activating group) is 1. The lowest BCUT2D eigenvalue weighted by atomic mass is 9.73. The molecule has 0 aliphatic carbocycles. The van der Waals surface area contributed by atoms with E-state index in [4.69, 9.17) is 4.74 Å². The van der Waals surface area contributed by atoms with Gasteiger partial charge in [0.05, 0.1) is 11.5 Å². The van der Waals surface area contributed by atoms with E-state index >= 15 is 0 Å². The Morgan fingerprint density at radius 2 is 1.94 bits per heavy atom. The molecule has 9 nitrogen and oxygen atoms in total. The van der Waals surface area contributed by atoms with Crippen molar-refractivity contribution in [3.05, 3.63) is 42.1 Å². The van der Waals surface area contributed by atoms with Crippen LogP contribution in [0.5, 0.6) is 0 Å². The molecule has 2 saturated heterocycles. The van der Waals surface area contributed by atoms with Crippen molar-refractivity contribution >= 4 is 29.3 Å². The number of nitriles is 1. The first-order valence-electron chi connectivity index (χ1n) is 11.2. The SMILES string of the molecule is CC[C@]1(C#N)CCN(c2ccnc(Nc3ccc(C4(C(=O)NC)CCOCC4)cc3)n2)C1=O. The van der Waals surface area contributed by atoms with Gasteiger partial charge in [0.25, 0.3) is 0 Å². The first-order valence-corrected chi connectivity index (χ1v) is 11.2. The third-order valence-electron chi connectivity index (χ3n) is 6.85. The molecule has 2 N–H and O–H groups in total. The number of hydrogen-bond acceptors (Lipinski definition) is 7. The predicted octanol–water partition coefficient (Wildman–Crippen LogP) is 2.67. The monoisotopic (exact) mass is 448 g/mol. The van der Waals surface area contributed by atoms with Crippen molar-refractivity contribution in [1.29, 1.82) is 5.26 Å². The molecule has 0 bridgehead atoms. The Kier molecular flexibility index (Phi) is 6.29. The Morgan fingerprint density at radius 3 is 2.55 bits per heavy atom. The van der Waals surface area contributed by atoms with Gasteiger partial charge in [-0.1, -0.05) is 19.1 Å². The van der Waals surface area contributed by atoms with Gasteiger partial charge in [-0.3, -0.25) is 14.5 Å². The van der Waals surface area contributed by atoms with Gasteiger partial charge < -0.3 is 15.4 Å². The number of benzene rings is 1. The Hall–Kier alpha value is -3.51. The van der Waals surface area contributed by atoms with Crippen LogP contribution in [0.3, 0.4) is 0 Å². The number of aromatic nitrogens is 2. The molecular formula is C24H28N6O3. The lowest BCUT2D eigenvalue weighted by molar-refractivity contribution is -0.130. The number of nitrogens with one attached hydrogen (secondary N) is 2. The zero-order valence-corrected chi connectivity index (χ0v) is 18.9. The van der Waals surface area contributed by atoms with Gasteiger partial charge in [0.1, 0.15) is 11.2 Å².